The third kappa shape index (κ3) is 4.98. The van der Waals surface area contributed by atoms with Crippen LogP contribution < -0.4 is 9.80 Å². The normalized spacial score (nSPS) is 11.4. The van der Waals surface area contributed by atoms with E-state index < -0.39 is 0 Å². The van der Waals surface area contributed by atoms with E-state index in [1.54, 1.807) is 0 Å². The van der Waals surface area contributed by atoms with Crippen LogP contribution in [-0.2, 0) is 0 Å². The van der Waals surface area contributed by atoms with Gasteiger partial charge in [-0.15, -0.1) is 11.3 Å². The maximum absolute atomic E-state index is 2.39. The lowest BCUT2D eigenvalue weighted by molar-refractivity contribution is 1.29. The fourth-order valence-electron chi connectivity index (χ4n) is 6.72. The molecule has 0 atom stereocenters. The first-order valence-corrected chi connectivity index (χ1v) is 16.7. The van der Waals surface area contributed by atoms with Crippen LogP contribution in [0.1, 0.15) is 0 Å². The molecule has 0 spiro atoms. The molecule has 0 aliphatic rings. The van der Waals surface area contributed by atoms with E-state index in [1.807, 2.05) is 11.3 Å². The van der Waals surface area contributed by atoms with Crippen LogP contribution in [-0.4, -0.2) is 0 Å². The highest BCUT2D eigenvalue weighted by atomic mass is 32.1. The molecule has 8 aromatic carbocycles. The van der Waals surface area contributed by atoms with Gasteiger partial charge in [-0.3, -0.25) is 0 Å². The molecule has 0 N–H and O–H groups in total. The molecular weight excluding hydrogens is 589 g/mol. The number of thiophene rings is 1. The highest BCUT2D eigenvalue weighted by Gasteiger charge is 2.16. The summed E-state index contributed by atoms with van der Waals surface area (Å²) in [6.07, 6.45) is 0. The van der Waals surface area contributed by atoms with Crippen molar-refractivity contribution in [2.45, 2.75) is 0 Å². The smallest absolute Gasteiger partial charge is 0.0468 e. The van der Waals surface area contributed by atoms with Crippen LogP contribution in [0.3, 0.4) is 0 Å². The molecule has 222 valence electrons. The second kappa shape index (κ2) is 11.5. The Labute approximate surface area is 278 Å². The molecule has 0 saturated carbocycles. The zero-order valence-corrected chi connectivity index (χ0v) is 26.4. The maximum Gasteiger partial charge on any atom is 0.0468 e. The van der Waals surface area contributed by atoms with Gasteiger partial charge in [-0.2, -0.15) is 0 Å². The van der Waals surface area contributed by atoms with Gasteiger partial charge in [0.05, 0.1) is 0 Å². The van der Waals surface area contributed by atoms with Crippen LogP contribution in [0.4, 0.5) is 34.1 Å². The molecule has 9 aromatic rings. The summed E-state index contributed by atoms with van der Waals surface area (Å²) < 4.78 is 2.63. The van der Waals surface area contributed by atoms with E-state index in [9.17, 15) is 0 Å². The molecular formula is C44H30N2S. The fraction of sp³-hybridized carbons (Fsp3) is 0. The largest absolute Gasteiger partial charge is 0.310 e. The van der Waals surface area contributed by atoms with Crippen LogP contribution in [0.15, 0.2) is 182 Å². The zero-order valence-electron chi connectivity index (χ0n) is 25.6. The first kappa shape index (κ1) is 27.4. The Bertz CT molecular complexity index is 2250. The number of para-hydroxylation sites is 4. The molecule has 0 saturated heterocycles. The van der Waals surface area contributed by atoms with Gasteiger partial charge in [0, 0.05) is 54.3 Å². The van der Waals surface area contributed by atoms with Crippen molar-refractivity contribution >= 4 is 87.2 Å². The summed E-state index contributed by atoms with van der Waals surface area (Å²) in [4.78, 5) is 4.66. The van der Waals surface area contributed by atoms with Crippen LogP contribution in [0.25, 0.3) is 41.7 Å². The molecule has 1 heterocycles. The second-order valence-corrected chi connectivity index (χ2v) is 13.0. The Balaban J connectivity index is 1.19. The Morgan fingerprint density at radius 2 is 0.617 bits per heavy atom. The first-order chi connectivity index (χ1) is 23.3. The van der Waals surface area contributed by atoms with Gasteiger partial charge in [0.1, 0.15) is 0 Å². The number of hydrogen-bond acceptors (Lipinski definition) is 3. The van der Waals surface area contributed by atoms with Gasteiger partial charge in [-0.1, -0.05) is 84.9 Å². The lowest BCUT2D eigenvalue weighted by atomic mass is 10.0. The minimum Gasteiger partial charge on any atom is -0.310 e. The van der Waals surface area contributed by atoms with Crippen molar-refractivity contribution in [2.75, 3.05) is 9.80 Å². The Morgan fingerprint density at radius 3 is 0.957 bits per heavy atom. The third-order valence-electron chi connectivity index (χ3n) is 8.93. The Morgan fingerprint density at radius 1 is 0.277 bits per heavy atom. The standard InChI is InChI=1S/C44H30N2S/c1-5-13-35(14-6-1)45(36-15-7-2-8-16-36)39-23-21-31-29-43-41(27-33(31)25-39)42-28-34-26-40(24-22-32(34)30-44(42)47-43)46(37-17-9-3-10-18-37)38-19-11-4-12-20-38/h1-30H. The third-order valence-corrected chi connectivity index (χ3v) is 10.0. The van der Waals surface area contributed by atoms with Gasteiger partial charge in [-0.25, -0.2) is 0 Å². The van der Waals surface area contributed by atoms with Crippen LogP contribution in [0.2, 0.25) is 0 Å². The molecule has 2 nitrogen and oxygen atoms in total. The Kier molecular flexibility index (Phi) is 6.69. The minimum atomic E-state index is 1.14. The van der Waals surface area contributed by atoms with Crippen molar-refractivity contribution in [3.8, 4) is 0 Å². The first-order valence-electron chi connectivity index (χ1n) is 15.9. The molecule has 0 aliphatic carbocycles. The van der Waals surface area contributed by atoms with Crippen LogP contribution in [0.5, 0.6) is 0 Å². The van der Waals surface area contributed by atoms with Crippen molar-refractivity contribution in [3.05, 3.63) is 182 Å². The van der Waals surface area contributed by atoms with Crippen molar-refractivity contribution in [3.63, 3.8) is 0 Å². The summed E-state index contributed by atoms with van der Waals surface area (Å²) in [6, 6.07) is 65.6. The monoisotopic (exact) mass is 618 g/mol. The van der Waals surface area contributed by atoms with Crippen molar-refractivity contribution in [1.29, 1.82) is 0 Å². The molecule has 0 bridgehead atoms. The summed E-state index contributed by atoms with van der Waals surface area (Å²) in [6.45, 7) is 0. The zero-order chi connectivity index (χ0) is 31.2. The SMILES string of the molecule is c1ccc(N(c2ccccc2)c2ccc3cc4sc5cc6ccc(N(c7ccccc7)c7ccccc7)cc6cc5c4cc3c2)cc1. The maximum atomic E-state index is 2.39. The highest BCUT2D eigenvalue weighted by molar-refractivity contribution is 7.26. The van der Waals surface area contributed by atoms with E-state index >= 15 is 0 Å². The molecule has 0 aliphatic heterocycles. The van der Waals surface area contributed by atoms with E-state index in [-0.39, 0.29) is 0 Å². The number of benzene rings is 8. The summed E-state index contributed by atoms with van der Waals surface area (Å²) in [5, 5.41) is 7.58. The number of fused-ring (bicyclic) bond motifs is 5. The molecule has 47 heavy (non-hydrogen) atoms. The predicted octanol–water partition coefficient (Wildman–Crippen LogP) is 13.3. The Hall–Kier alpha value is -5.90. The number of nitrogens with zero attached hydrogens (tertiary/aromatic N) is 2. The van der Waals surface area contributed by atoms with E-state index in [2.05, 4.69) is 192 Å². The molecule has 0 fully saturated rings. The summed E-state index contributed by atoms with van der Waals surface area (Å²) >= 11 is 1.88. The minimum absolute atomic E-state index is 1.14. The molecule has 1 aromatic heterocycles. The van der Waals surface area contributed by atoms with Gasteiger partial charge < -0.3 is 9.80 Å². The summed E-state index contributed by atoms with van der Waals surface area (Å²) in [5.74, 6) is 0. The quantitative estimate of drug-likeness (QED) is 0.183. The van der Waals surface area contributed by atoms with Crippen molar-refractivity contribution < 1.29 is 0 Å². The van der Waals surface area contributed by atoms with Gasteiger partial charge in [0.15, 0.2) is 0 Å². The van der Waals surface area contributed by atoms with E-state index in [0.717, 1.165) is 34.1 Å². The van der Waals surface area contributed by atoms with E-state index in [4.69, 9.17) is 0 Å². The van der Waals surface area contributed by atoms with Crippen LogP contribution in [0, 0.1) is 0 Å². The molecule has 3 heteroatoms. The van der Waals surface area contributed by atoms with Crippen molar-refractivity contribution in [1.82, 2.24) is 0 Å². The average Bonchev–Trinajstić information content (AvgIpc) is 3.47. The molecule has 0 amide bonds. The molecule has 9 rings (SSSR count). The van der Waals surface area contributed by atoms with Crippen molar-refractivity contribution in [2.24, 2.45) is 0 Å². The topological polar surface area (TPSA) is 6.48 Å². The summed E-state index contributed by atoms with van der Waals surface area (Å²) in [7, 11) is 0. The lowest BCUT2D eigenvalue weighted by Crippen LogP contribution is -2.09. The predicted molar refractivity (Wildman–Crippen MR) is 204 cm³/mol. The van der Waals surface area contributed by atoms with Gasteiger partial charge in [-0.05, 0) is 119 Å². The van der Waals surface area contributed by atoms with Gasteiger partial charge >= 0.3 is 0 Å². The number of anilines is 6. The van der Waals surface area contributed by atoms with Gasteiger partial charge in [0.2, 0.25) is 0 Å². The highest BCUT2D eigenvalue weighted by Crippen LogP contribution is 2.42. The molecule has 0 radical (unpaired) electrons. The van der Waals surface area contributed by atoms with Gasteiger partial charge in [0.25, 0.3) is 0 Å². The fourth-order valence-corrected chi connectivity index (χ4v) is 7.88. The van der Waals surface area contributed by atoms with E-state index in [0.29, 0.717) is 0 Å². The summed E-state index contributed by atoms with van der Waals surface area (Å²) in [5.41, 5.74) is 6.85. The average molecular weight is 619 g/mol. The molecule has 0 unspecified atom stereocenters. The van der Waals surface area contributed by atoms with E-state index in [1.165, 1.54) is 41.7 Å². The van der Waals surface area contributed by atoms with Crippen LogP contribution >= 0.6 is 11.3 Å². The number of hydrogen-bond donors (Lipinski definition) is 0. The number of rotatable bonds is 6. The lowest BCUT2D eigenvalue weighted by Gasteiger charge is -2.25. The second-order valence-electron chi connectivity index (χ2n) is 11.9.